The quantitative estimate of drug-likeness (QED) is 0.349. The Hall–Kier alpha value is -1.46. The second kappa shape index (κ2) is 9.54. The predicted octanol–water partition coefficient (Wildman–Crippen LogP) is 3.38. The Morgan fingerprint density at radius 2 is 2.05 bits per heavy atom. The second-order valence-corrected chi connectivity index (χ2v) is 5.93. The topological polar surface area (TPSA) is 75.7 Å². The number of nitrogens with zero attached hydrogens (tertiary/aromatic N) is 2. The summed E-state index contributed by atoms with van der Waals surface area (Å²) in [7, 11) is 0. The molecule has 0 spiro atoms. The first-order chi connectivity index (χ1) is 10.5. The maximum atomic E-state index is 11.1. The van der Waals surface area contributed by atoms with Gasteiger partial charge in [0.15, 0.2) is 6.54 Å². The van der Waals surface area contributed by atoms with Gasteiger partial charge in [-0.25, -0.2) is 14.3 Å². The Morgan fingerprint density at radius 3 is 2.64 bits per heavy atom. The molecule has 2 atom stereocenters. The van der Waals surface area contributed by atoms with Crippen LogP contribution < -0.4 is 5.73 Å². The number of hydrogen-bond donors (Lipinski definition) is 2. The molecule has 1 aliphatic rings. The molecule has 1 heterocycles. The van der Waals surface area contributed by atoms with Gasteiger partial charge >= 0.3 is 5.97 Å². The first kappa shape index (κ1) is 18.6. The van der Waals surface area contributed by atoms with E-state index in [0.29, 0.717) is 0 Å². The van der Waals surface area contributed by atoms with Gasteiger partial charge in [0.2, 0.25) is 5.84 Å². The zero-order valence-electron chi connectivity index (χ0n) is 13.9. The maximum Gasteiger partial charge on any atom is 0.360 e. The number of carboxylic acid groups (broad SMARTS) is 1. The Kier molecular flexibility index (Phi) is 8.06. The summed E-state index contributed by atoms with van der Waals surface area (Å²) in [5.41, 5.74) is 6.03. The molecule has 0 aromatic rings. The van der Waals surface area contributed by atoms with E-state index in [1.165, 1.54) is 19.3 Å². The Bertz CT molecular complexity index is 441. The summed E-state index contributed by atoms with van der Waals surface area (Å²) in [6.07, 6.45) is 15.3. The first-order valence-corrected chi connectivity index (χ1v) is 8.27. The van der Waals surface area contributed by atoms with E-state index in [2.05, 4.69) is 24.1 Å². The highest BCUT2D eigenvalue weighted by Crippen LogP contribution is 2.23. The summed E-state index contributed by atoms with van der Waals surface area (Å²) in [5.74, 6) is 0.00385. The molecule has 3 N–H and O–H groups in total. The number of carbonyl (C=O) groups is 1. The molecule has 0 amide bonds. The smallest absolute Gasteiger partial charge is 0.360 e. The third-order valence-electron chi connectivity index (χ3n) is 4.07. The van der Waals surface area contributed by atoms with Crippen LogP contribution in [0.2, 0.25) is 0 Å². The zero-order chi connectivity index (χ0) is 16.4. The van der Waals surface area contributed by atoms with Gasteiger partial charge in [-0.1, -0.05) is 31.9 Å². The van der Waals surface area contributed by atoms with Crippen molar-refractivity contribution >= 4 is 11.8 Å². The molecule has 5 heteroatoms. The second-order valence-electron chi connectivity index (χ2n) is 5.93. The van der Waals surface area contributed by atoms with E-state index in [0.717, 1.165) is 31.5 Å². The highest BCUT2D eigenvalue weighted by Gasteiger charge is 2.40. The van der Waals surface area contributed by atoms with Gasteiger partial charge < -0.3 is 5.11 Å². The van der Waals surface area contributed by atoms with Crippen molar-refractivity contribution in [2.24, 2.45) is 10.7 Å². The minimum absolute atomic E-state index is 0.0418. The van der Waals surface area contributed by atoms with Gasteiger partial charge in [0.25, 0.3) is 0 Å². The number of unbranched alkanes of at least 4 members (excludes halogenated alkanes) is 4. The molecule has 0 fully saturated rings. The molecular formula is C17H30N3O2+. The summed E-state index contributed by atoms with van der Waals surface area (Å²) in [6.45, 7) is 4.00. The third kappa shape index (κ3) is 5.39. The van der Waals surface area contributed by atoms with E-state index in [1.54, 1.807) is 12.4 Å². The average molecular weight is 308 g/mol. The van der Waals surface area contributed by atoms with Gasteiger partial charge in [0.05, 0.1) is 6.20 Å². The number of rotatable bonds is 11. The van der Waals surface area contributed by atoms with Crippen LogP contribution >= 0.6 is 0 Å². The molecule has 5 nitrogen and oxygen atoms in total. The number of allylic oxidation sites excluding steroid dienone is 2. The van der Waals surface area contributed by atoms with Crippen molar-refractivity contribution in [3.63, 3.8) is 0 Å². The molecule has 2 unspecified atom stereocenters. The molecule has 22 heavy (non-hydrogen) atoms. The first-order valence-electron chi connectivity index (χ1n) is 8.27. The molecule has 1 aliphatic heterocycles. The van der Waals surface area contributed by atoms with E-state index in [4.69, 9.17) is 10.8 Å². The lowest BCUT2D eigenvalue weighted by Gasteiger charge is -2.34. The van der Waals surface area contributed by atoms with Gasteiger partial charge in [-0.15, -0.1) is 0 Å². The van der Waals surface area contributed by atoms with Gasteiger partial charge in [0, 0.05) is 13.3 Å². The number of aliphatic imine (C=N–C) groups is 1. The third-order valence-corrected chi connectivity index (χ3v) is 4.07. The van der Waals surface area contributed by atoms with Crippen molar-refractivity contribution in [3.05, 3.63) is 24.6 Å². The number of nitrogens with two attached hydrogens (primary N) is 1. The molecule has 124 valence electrons. The highest BCUT2D eigenvalue weighted by molar-refractivity contribution is 5.81. The van der Waals surface area contributed by atoms with E-state index >= 15 is 0 Å². The van der Waals surface area contributed by atoms with Crippen LogP contribution in [0.3, 0.4) is 0 Å². The normalized spacial score (nSPS) is 22.2. The van der Waals surface area contributed by atoms with Crippen LogP contribution in [0.25, 0.3) is 0 Å². The summed E-state index contributed by atoms with van der Waals surface area (Å²) in [5, 5.41) is 9.15. The van der Waals surface area contributed by atoms with Crippen LogP contribution in [-0.4, -0.2) is 34.1 Å². The fourth-order valence-electron chi connectivity index (χ4n) is 2.71. The van der Waals surface area contributed by atoms with Crippen molar-refractivity contribution in [1.29, 1.82) is 0 Å². The van der Waals surface area contributed by atoms with Crippen molar-refractivity contribution in [1.82, 2.24) is 0 Å². The van der Waals surface area contributed by atoms with Crippen molar-refractivity contribution in [2.75, 3.05) is 6.54 Å². The lowest BCUT2D eigenvalue weighted by molar-refractivity contribution is -0.805. The van der Waals surface area contributed by atoms with Gasteiger partial charge in [-0.2, -0.15) is 0 Å². The van der Waals surface area contributed by atoms with E-state index in [9.17, 15) is 4.79 Å². The summed E-state index contributed by atoms with van der Waals surface area (Å²) < 4.78 is 0.148. The van der Waals surface area contributed by atoms with Gasteiger partial charge in [-0.05, 0) is 25.7 Å². The van der Waals surface area contributed by atoms with Crippen LogP contribution in [0.5, 0.6) is 0 Å². The number of hydrogen-bond acceptors (Lipinski definition) is 3. The molecule has 0 bridgehead atoms. The lowest BCUT2D eigenvalue weighted by Crippen LogP contribution is -2.59. The monoisotopic (exact) mass is 308 g/mol. The van der Waals surface area contributed by atoms with E-state index < -0.39 is 5.97 Å². The van der Waals surface area contributed by atoms with Crippen LogP contribution in [0, 0.1) is 0 Å². The van der Waals surface area contributed by atoms with Crippen LogP contribution in [0.4, 0.5) is 0 Å². The lowest BCUT2D eigenvalue weighted by atomic mass is 10.1. The van der Waals surface area contributed by atoms with Gasteiger partial charge in [-0.3, -0.25) is 5.73 Å². The largest absolute Gasteiger partial charge is 0.477 e. The molecule has 0 saturated heterocycles. The fourth-order valence-corrected chi connectivity index (χ4v) is 2.71. The Labute approximate surface area is 133 Å². The van der Waals surface area contributed by atoms with Crippen LogP contribution in [0.15, 0.2) is 29.5 Å². The zero-order valence-corrected chi connectivity index (χ0v) is 13.9. The minimum atomic E-state index is -0.854. The summed E-state index contributed by atoms with van der Waals surface area (Å²) in [6, 6.07) is 0. The highest BCUT2D eigenvalue weighted by atomic mass is 16.4. The van der Waals surface area contributed by atoms with E-state index in [1.807, 2.05) is 6.92 Å². The van der Waals surface area contributed by atoms with Crippen molar-refractivity contribution < 1.29 is 14.4 Å². The molecule has 1 rings (SSSR count). The Morgan fingerprint density at radius 1 is 1.36 bits per heavy atom. The predicted molar refractivity (Wildman–Crippen MR) is 90.1 cm³/mol. The van der Waals surface area contributed by atoms with Crippen LogP contribution in [0.1, 0.15) is 58.8 Å². The maximum absolute atomic E-state index is 11.1. The fraction of sp³-hybridized carbons (Fsp3) is 0.647. The number of quaternary nitrogens is 1. The summed E-state index contributed by atoms with van der Waals surface area (Å²) >= 11 is 0. The van der Waals surface area contributed by atoms with Crippen molar-refractivity contribution in [3.8, 4) is 0 Å². The van der Waals surface area contributed by atoms with Crippen molar-refractivity contribution in [2.45, 2.75) is 65.0 Å². The van der Waals surface area contributed by atoms with E-state index in [-0.39, 0.29) is 17.2 Å². The number of carboxylic acids is 1. The molecule has 0 aliphatic carbocycles. The standard InChI is InChI=1S/C17H29N3O2/c1-3-4-5-6-7-8-9-10-11-16-19-12-13-20(16,15(2)18)14-17(21)22/h7-8,12-13,15H,3-6,9-11,14,18H2,1-2H3/p+1/b8-7+. The molecule has 0 aromatic heterocycles. The molecule has 0 aromatic carbocycles. The molecular weight excluding hydrogens is 278 g/mol. The minimum Gasteiger partial charge on any atom is -0.477 e. The van der Waals surface area contributed by atoms with Crippen LogP contribution in [-0.2, 0) is 4.79 Å². The molecule has 0 radical (unpaired) electrons. The number of amidine groups is 1. The number of aliphatic carboxylic acids is 1. The SMILES string of the molecule is CCCCC/C=C/CCCC1=NC=C[N+]1(CC(=O)O)C(C)N. The Balaban J connectivity index is 2.43. The molecule has 0 saturated carbocycles. The average Bonchev–Trinajstić information content (AvgIpc) is 2.85. The van der Waals surface area contributed by atoms with Gasteiger partial charge in [0.1, 0.15) is 12.4 Å². The summed E-state index contributed by atoms with van der Waals surface area (Å²) in [4.78, 5) is 15.5.